The predicted molar refractivity (Wildman–Crippen MR) is 69.6 cm³/mol. The largest absolute Gasteiger partial charge is 0.393 e. The summed E-state index contributed by atoms with van der Waals surface area (Å²) < 4.78 is 0.989. The lowest BCUT2D eigenvalue weighted by Gasteiger charge is -2.22. The highest BCUT2D eigenvalue weighted by molar-refractivity contribution is 9.10. The van der Waals surface area contributed by atoms with Crippen molar-refractivity contribution in [3.63, 3.8) is 0 Å². The molecule has 2 N–H and O–H groups in total. The first-order valence-corrected chi connectivity index (χ1v) is 6.12. The molecule has 0 saturated carbocycles. The Morgan fingerprint density at radius 3 is 2.69 bits per heavy atom. The Balaban J connectivity index is 2.80. The van der Waals surface area contributed by atoms with Crippen LogP contribution in [0.5, 0.6) is 0 Å². The van der Waals surface area contributed by atoms with Gasteiger partial charge in [-0.2, -0.15) is 0 Å². The first kappa shape index (κ1) is 13.5. The highest BCUT2D eigenvalue weighted by atomic mass is 79.9. The molecule has 4 heteroatoms. The van der Waals surface area contributed by atoms with Crippen LogP contribution in [0.3, 0.4) is 0 Å². The summed E-state index contributed by atoms with van der Waals surface area (Å²) in [7, 11) is 1.96. The van der Waals surface area contributed by atoms with E-state index in [0.29, 0.717) is 6.42 Å². The lowest BCUT2D eigenvalue weighted by molar-refractivity contribution is 0.187. The highest BCUT2D eigenvalue weighted by Gasteiger charge is 2.08. The molecule has 0 aliphatic carbocycles. The number of benzene rings is 1. The van der Waals surface area contributed by atoms with E-state index < -0.39 is 0 Å². The molecular weight excluding hydrogens is 270 g/mol. The summed E-state index contributed by atoms with van der Waals surface area (Å²) in [5.41, 5.74) is 1.90. The first-order valence-electron chi connectivity index (χ1n) is 5.33. The Morgan fingerprint density at radius 1 is 1.44 bits per heavy atom. The van der Waals surface area contributed by atoms with E-state index in [4.69, 9.17) is 0 Å². The quantitative estimate of drug-likeness (QED) is 0.872. The summed E-state index contributed by atoms with van der Waals surface area (Å²) >= 11 is 3.42. The van der Waals surface area contributed by atoms with Crippen molar-refractivity contribution in [2.75, 3.05) is 18.5 Å². The van der Waals surface area contributed by atoms with Crippen LogP contribution in [-0.4, -0.2) is 29.9 Å². The second-order valence-corrected chi connectivity index (χ2v) is 4.91. The number of anilines is 1. The van der Waals surface area contributed by atoms with Crippen LogP contribution in [0.4, 0.5) is 5.69 Å². The predicted octanol–water partition coefficient (Wildman–Crippen LogP) is 2.15. The summed E-state index contributed by atoms with van der Waals surface area (Å²) in [6, 6.07) is 5.80. The molecule has 1 rings (SSSR count). The Kier molecular flexibility index (Phi) is 5.25. The van der Waals surface area contributed by atoms with Crippen molar-refractivity contribution in [3.05, 3.63) is 28.2 Å². The lowest BCUT2D eigenvalue weighted by Crippen LogP contribution is -2.23. The molecule has 0 radical (unpaired) electrons. The topological polar surface area (TPSA) is 43.7 Å². The third kappa shape index (κ3) is 3.77. The van der Waals surface area contributed by atoms with Crippen molar-refractivity contribution in [3.8, 4) is 0 Å². The van der Waals surface area contributed by atoms with Crippen LogP contribution in [0.25, 0.3) is 0 Å². The monoisotopic (exact) mass is 287 g/mol. The van der Waals surface area contributed by atoms with Gasteiger partial charge in [-0.25, -0.2) is 0 Å². The minimum atomic E-state index is -0.299. The maximum Gasteiger partial charge on any atom is 0.0702 e. The zero-order valence-corrected chi connectivity index (χ0v) is 11.2. The van der Waals surface area contributed by atoms with Crippen LogP contribution < -0.4 is 4.90 Å². The third-order valence-corrected chi connectivity index (χ3v) is 3.00. The molecule has 16 heavy (non-hydrogen) atoms. The van der Waals surface area contributed by atoms with Crippen molar-refractivity contribution in [2.45, 2.75) is 26.1 Å². The van der Waals surface area contributed by atoms with Gasteiger partial charge in [-0.15, -0.1) is 0 Å². The Labute approximate surface area is 105 Å². The minimum absolute atomic E-state index is 0.0294. The van der Waals surface area contributed by atoms with E-state index in [2.05, 4.69) is 15.9 Å². The van der Waals surface area contributed by atoms with Crippen molar-refractivity contribution >= 4 is 21.6 Å². The van der Waals surface area contributed by atoms with Crippen LogP contribution in [0.15, 0.2) is 22.7 Å². The number of halogens is 1. The normalized spacial score (nSPS) is 12.6. The van der Waals surface area contributed by atoms with Gasteiger partial charge in [0.1, 0.15) is 0 Å². The molecule has 1 unspecified atom stereocenters. The molecule has 0 amide bonds. The lowest BCUT2D eigenvalue weighted by atomic mass is 10.1. The zero-order chi connectivity index (χ0) is 12.1. The van der Waals surface area contributed by atoms with Crippen LogP contribution in [-0.2, 0) is 6.61 Å². The Hall–Kier alpha value is -0.580. The van der Waals surface area contributed by atoms with E-state index in [1.807, 2.05) is 30.1 Å². The van der Waals surface area contributed by atoms with Crippen LogP contribution in [0.1, 0.15) is 18.9 Å². The molecule has 1 atom stereocenters. The fourth-order valence-electron chi connectivity index (χ4n) is 1.53. The van der Waals surface area contributed by atoms with Crippen LogP contribution >= 0.6 is 15.9 Å². The molecule has 0 bridgehead atoms. The maximum absolute atomic E-state index is 9.24. The summed E-state index contributed by atoms with van der Waals surface area (Å²) in [6.07, 6.45) is 0.417. The smallest absolute Gasteiger partial charge is 0.0702 e. The molecule has 1 aromatic rings. The van der Waals surface area contributed by atoms with Crippen molar-refractivity contribution in [1.82, 2.24) is 0 Å². The maximum atomic E-state index is 9.24. The zero-order valence-electron chi connectivity index (χ0n) is 9.65. The molecule has 90 valence electrons. The van der Waals surface area contributed by atoms with Gasteiger partial charge < -0.3 is 15.1 Å². The van der Waals surface area contributed by atoms with Crippen LogP contribution in [0.2, 0.25) is 0 Å². The third-order valence-electron chi connectivity index (χ3n) is 2.51. The highest BCUT2D eigenvalue weighted by Crippen LogP contribution is 2.24. The average molecular weight is 288 g/mol. The van der Waals surface area contributed by atoms with Gasteiger partial charge in [0.25, 0.3) is 0 Å². The first-order chi connectivity index (χ1) is 7.54. The standard InChI is InChI=1S/C12H18BrNO2/c1-9(16)5-6-14(2)12-7-11(13)4-3-10(12)8-15/h3-4,7,9,15-16H,5-6,8H2,1-2H3. The number of rotatable bonds is 5. The van der Waals surface area contributed by atoms with Gasteiger partial charge in [-0.05, 0) is 25.5 Å². The summed E-state index contributed by atoms with van der Waals surface area (Å²) in [5.74, 6) is 0. The van der Waals surface area contributed by atoms with Gasteiger partial charge in [-0.3, -0.25) is 0 Å². The molecule has 3 nitrogen and oxygen atoms in total. The van der Waals surface area contributed by atoms with Gasteiger partial charge in [0.2, 0.25) is 0 Å². The summed E-state index contributed by atoms with van der Waals surface area (Å²) in [6.45, 7) is 2.57. The molecule has 0 aliphatic rings. The average Bonchev–Trinajstić information content (AvgIpc) is 2.25. The molecule has 0 saturated heterocycles. The number of aliphatic hydroxyl groups is 2. The number of nitrogens with zero attached hydrogens (tertiary/aromatic N) is 1. The molecule has 0 aromatic heterocycles. The van der Waals surface area contributed by atoms with E-state index in [1.54, 1.807) is 6.92 Å². The van der Waals surface area contributed by atoms with Gasteiger partial charge in [0.15, 0.2) is 0 Å². The second kappa shape index (κ2) is 6.23. The molecule has 0 spiro atoms. The fraction of sp³-hybridized carbons (Fsp3) is 0.500. The van der Waals surface area contributed by atoms with E-state index in [0.717, 1.165) is 22.3 Å². The van der Waals surface area contributed by atoms with E-state index in [9.17, 15) is 10.2 Å². The van der Waals surface area contributed by atoms with Crippen LogP contribution in [0, 0.1) is 0 Å². The Bertz CT molecular complexity index is 342. The van der Waals surface area contributed by atoms with Crippen molar-refractivity contribution in [1.29, 1.82) is 0 Å². The molecule has 1 aromatic carbocycles. The summed E-state index contributed by atoms with van der Waals surface area (Å²) in [5, 5.41) is 18.5. The van der Waals surface area contributed by atoms with E-state index in [-0.39, 0.29) is 12.7 Å². The Morgan fingerprint density at radius 2 is 2.12 bits per heavy atom. The summed E-state index contributed by atoms with van der Waals surface area (Å²) in [4.78, 5) is 2.04. The van der Waals surface area contributed by atoms with E-state index >= 15 is 0 Å². The SMILES string of the molecule is CC(O)CCN(C)c1cc(Br)ccc1CO. The molecule has 0 fully saturated rings. The minimum Gasteiger partial charge on any atom is -0.393 e. The molecule has 0 aliphatic heterocycles. The van der Waals surface area contributed by atoms with Crippen molar-refractivity contribution < 1.29 is 10.2 Å². The van der Waals surface area contributed by atoms with Crippen molar-refractivity contribution in [2.24, 2.45) is 0 Å². The van der Waals surface area contributed by atoms with Gasteiger partial charge >= 0.3 is 0 Å². The second-order valence-electron chi connectivity index (χ2n) is 3.99. The van der Waals surface area contributed by atoms with Gasteiger partial charge in [0, 0.05) is 29.3 Å². The molecular formula is C12H18BrNO2. The molecule has 0 heterocycles. The fourth-order valence-corrected chi connectivity index (χ4v) is 1.88. The van der Waals surface area contributed by atoms with Gasteiger partial charge in [-0.1, -0.05) is 22.0 Å². The number of hydrogen-bond donors (Lipinski definition) is 2. The number of hydrogen-bond acceptors (Lipinski definition) is 3. The van der Waals surface area contributed by atoms with Gasteiger partial charge in [0.05, 0.1) is 12.7 Å². The number of aliphatic hydroxyl groups excluding tert-OH is 2. The van der Waals surface area contributed by atoms with E-state index in [1.165, 1.54) is 0 Å².